The zero-order valence-electron chi connectivity index (χ0n) is 28.0. The van der Waals surface area contributed by atoms with Gasteiger partial charge < -0.3 is 17.2 Å². The SMILES string of the molecule is CCCS(=O)c1nc(N)c2c(n1)N(Cc1ccc(C#N)cc1)C(=O)C2.CCCS(=O)c1nc(N)c2c(n1)N(Cc1ccc(C(N)=O)cc1)C(=O)C2. The Morgan fingerprint density at radius 3 is 1.53 bits per heavy atom. The van der Waals surface area contributed by atoms with E-state index in [2.05, 4.69) is 26.0 Å². The molecule has 6 rings (SSSR count). The number of benzene rings is 2. The number of nitrogens with zero attached hydrogens (tertiary/aromatic N) is 7. The molecule has 0 spiro atoms. The molecule has 2 aliphatic heterocycles. The normalized spacial score (nSPS) is 14.3. The first-order chi connectivity index (χ1) is 24.4. The Kier molecular flexibility index (Phi) is 11.5. The lowest BCUT2D eigenvalue weighted by Gasteiger charge is -2.17. The number of anilines is 4. The van der Waals surface area contributed by atoms with Crippen molar-refractivity contribution in [2.75, 3.05) is 32.8 Å². The van der Waals surface area contributed by atoms with Gasteiger partial charge in [-0.05, 0) is 48.2 Å². The summed E-state index contributed by atoms with van der Waals surface area (Å²) >= 11 is 0. The molecule has 15 nitrogen and oxygen atoms in total. The third-order valence-corrected chi connectivity index (χ3v) is 10.7. The van der Waals surface area contributed by atoms with Gasteiger partial charge in [-0.25, -0.2) is 19.9 Å². The van der Waals surface area contributed by atoms with Crippen LogP contribution in [0.2, 0.25) is 0 Å². The third-order valence-electron chi connectivity index (χ3n) is 7.95. The van der Waals surface area contributed by atoms with Crippen molar-refractivity contribution in [1.82, 2.24) is 19.9 Å². The molecule has 2 unspecified atom stereocenters. The molecule has 2 aliphatic rings. The van der Waals surface area contributed by atoms with Crippen molar-refractivity contribution >= 4 is 62.6 Å². The summed E-state index contributed by atoms with van der Waals surface area (Å²) in [4.78, 5) is 55.9. The number of primary amides is 1. The van der Waals surface area contributed by atoms with Crippen molar-refractivity contribution in [2.45, 2.75) is 62.9 Å². The zero-order chi connectivity index (χ0) is 36.8. The maximum absolute atomic E-state index is 12.4. The molecule has 264 valence electrons. The summed E-state index contributed by atoms with van der Waals surface area (Å²) in [6.07, 6.45) is 1.71. The number of nitrogen functional groups attached to an aromatic ring is 2. The van der Waals surface area contributed by atoms with Crippen LogP contribution in [0.15, 0.2) is 58.8 Å². The molecule has 0 radical (unpaired) electrons. The van der Waals surface area contributed by atoms with E-state index in [9.17, 15) is 22.8 Å². The van der Waals surface area contributed by atoms with E-state index in [1.165, 1.54) is 9.80 Å². The molecule has 4 aromatic rings. The van der Waals surface area contributed by atoms with Gasteiger partial charge in [-0.2, -0.15) is 5.26 Å². The minimum Gasteiger partial charge on any atom is -0.383 e. The van der Waals surface area contributed by atoms with Crippen LogP contribution in [0.4, 0.5) is 23.3 Å². The lowest BCUT2D eigenvalue weighted by Crippen LogP contribution is -2.27. The highest BCUT2D eigenvalue weighted by atomic mass is 32.2. The van der Waals surface area contributed by atoms with Crippen LogP contribution in [-0.4, -0.2) is 57.6 Å². The maximum Gasteiger partial charge on any atom is 0.248 e. The number of rotatable bonds is 11. The molecule has 17 heteroatoms. The van der Waals surface area contributed by atoms with Crippen molar-refractivity contribution in [1.29, 1.82) is 5.26 Å². The lowest BCUT2D eigenvalue weighted by atomic mass is 10.1. The van der Waals surface area contributed by atoms with E-state index in [1.54, 1.807) is 48.5 Å². The van der Waals surface area contributed by atoms with Gasteiger partial charge in [-0.1, -0.05) is 38.1 Å². The summed E-state index contributed by atoms with van der Waals surface area (Å²) < 4.78 is 24.4. The minimum atomic E-state index is -1.36. The smallest absolute Gasteiger partial charge is 0.248 e. The van der Waals surface area contributed by atoms with E-state index >= 15 is 0 Å². The Hall–Kier alpha value is -5.60. The van der Waals surface area contributed by atoms with Gasteiger partial charge in [0.15, 0.2) is 0 Å². The second-order valence-corrected chi connectivity index (χ2v) is 14.6. The number of hydrogen-bond donors (Lipinski definition) is 3. The predicted molar refractivity (Wildman–Crippen MR) is 192 cm³/mol. The number of fused-ring (bicyclic) bond motifs is 2. The Labute approximate surface area is 299 Å². The molecule has 51 heavy (non-hydrogen) atoms. The Morgan fingerprint density at radius 1 is 0.745 bits per heavy atom. The zero-order valence-corrected chi connectivity index (χ0v) is 29.6. The van der Waals surface area contributed by atoms with E-state index in [0.29, 0.717) is 51.9 Å². The molecular formula is C34H36N10O5S2. The highest BCUT2D eigenvalue weighted by Gasteiger charge is 2.34. The highest BCUT2D eigenvalue weighted by molar-refractivity contribution is 7.85. The lowest BCUT2D eigenvalue weighted by molar-refractivity contribution is -0.118. The fourth-order valence-corrected chi connectivity index (χ4v) is 7.24. The number of carbonyl (C=O) groups is 3. The van der Waals surface area contributed by atoms with Gasteiger partial charge in [0.25, 0.3) is 0 Å². The summed E-state index contributed by atoms with van der Waals surface area (Å²) in [5.41, 5.74) is 20.9. The first-order valence-corrected chi connectivity index (χ1v) is 18.7. The number of amides is 3. The number of carbonyl (C=O) groups excluding carboxylic acids is 3. The van der Waals surface area contributed by atoms with Crippen molar-refractivity contribution in [3.63, 3.8) is 0 Å². The first-order valence-electron chi connectivity index (χ1n) is 16.0. The summed E-state index contributed by atoms with van der Waals surface area (Å²) in [5.74, 6) is 1.32. The molecule has 0 aliphatic carbocycles. The quantitative estimate of drug-likeness (QED) is 0.188. The molecular weight excluding hydrogens is 693 g/mol. The summed E-state index contributed by atoms with van der Waals surface area (Å²) in [7, 11) is -2.70. The standard InChI is InChI=1S/C17H19N5O3S.C17H17N5O2S/c1-2-7-26(25)17-20-14(18)12-8-13(23)22(16(12)21-17)9-10-3-5-11(6-4-10)15(19)24;1-2-7-25(24)17-20-15(19)13-8-14(23)22(16(13)21-17)10-12-5-3-11(9-18)4-6-12/h3-6H,2,7-9H2,1H3,(H2,19,24)(H2,18,20,21);3-6H,2,7-8,10H2,1H3,(H2,19,20,21). The van der Waals surface area contributed by atoms with Gasteiger partial charge in [0, 0.05) is 28.2 Å². The molecule has 6 N–H and O–H groups in total. The molecule has 0 saturated heterocycles. The first kappa shape index (κ1) is 36.7. The molecule has 0 bridgehead atoms. The third kappa shape index (κ3) is 8.24. The van der Waals surface area contributed by atoms with Crippen molar-refractivity contribution < 1.29 is 22.8 Å². The molecule has 3 amide bonds. The monoisotopic (exact) mass is 728 g/mol. The van der Waals surface area contributed by atoms with E-state index in [1.807, 2.05) is 13.8 Å². The van der Waals surface area contributed by atoms with Gasteiger partial charge in [0.05, 0.1) is 59.2 Å². The van der Waals surface area contributed by atoms with Crippen LogP contribution in [0.25, 0.3) is 0 Å². The van der Waals surface area contributed by atoms with Gasteiger partial charge >= 0.3 is 0 Å². The Morgan fingerprint density at radius 2 is 1.16 bits per heavy atom. The van der Waals surface area contributed by atoms with E-state index in [-0.39, 0.29) is 53.1 Å². The van der Waals surface area contributed by atoms with Crippen LogP contribution >= 0.6 is 0 Å². The van der Waals surface area contributed by atoms with Crippen LogP contribution in [0, 0.1) is 11.3 Å². The minimum absolute atomic E-state index is 0.112. The fraction of sp³-hybridized carbons (Fsp3) is 0.294. The summed E-state index contributed by atoms with van der Waals surface area (Å²) in [5, 5.41) is 9.18. The summed E-state index contributed by atoms with van der Waals surface area (Å²) in [6.45, 7) is 4.42. The predicted octanol–water partition coefficient (Wildman–Crippen LogP) is 2.30. The van der Waals surface area contributed by atoms with Crippen molar-refractivity contribution in [2.24, 2.45) is 5.73 Å². The second-order valence-electron chi connectivity index (χ2n) is 11.7. The molecule has 4 heterocycles. The second kappa shape index (κ2) is 16.0. The van der Waals surface area contributed by atoms with Gasteiger partial charge in [-0.3, -0.25) is 32.6 Å². The van der Waals surface area contributed by atoms with Gasteiger partial charge in [0.2, 0.25) is 28.0 Å². The van der Waals surface area contributed by atoms with Crippen LogP contribution < -0.4 is 27.0 Å². The van der Waals surface area contributed by atoms with Crippen molar-refractivity contribution in [3.8, 4) is 6.07 Å². The molecule has 0 saturated carbocycles. The Bertz CT molecular complexity index is 2090. The Balaban J connectivity index is 0.000000198. The number of hydrogen-bond acceptors (Lipinski definition) is 12. The number of nitrogens with two attached hydrogens (primary N) is 3. The topological polar surface area (TPSA) is 245 Å². The van der Waals surface area contributed by atoms with E-state index in [0.717, 1.165) is 24.0 Å². The van der Waals surface area contributed by atoms with Gasteiger partial charge in [0.1, 0.15) is 23.3 Å². The van der Waals surface area contributed by atoms with Gasteiger partial charge in [-0.15, -0.1) is 0 Å². The van der Waals surface area contributed by atoms with Crippen molar-refractivity contribution in [3.05, 3.63) is 81.9 Å². The molecule has 2 aromatic heterocycles. The average molecular weight is 729 g/mol. The van der Waals surface area contributed by atoms with Crippen LogP contribution in [0.1, 0.15) is 64.9 Å². The summed E-state index contributed by atoms with van der Waals surface area (Å²) in [6, 6.07) is 15.7. The molecule has 0 fully saturated rings. The van der Waals surface area contributed by atoms with E-state index < -0.39 is 27.5 Å². The van der Waals surface area contributed by atoms with Crippen LogP contribution in [0.3, 0.4) is 0 Å². The van der Waals surface area contributed by atoms with Crippen LogP contribution in [0.5, 0.6) is 0 Å². The maximum atomic E-state index is 12.4. The number of aromatic nitrogens is 4. The van der Waals surface area contributed by atoms with E-state index in [4.69, 9.17) is 22.5 Å². The highest BCUT2D eigenvalue weighted by Crippen LogP contribution is 2.33. The molecule has 2 atom stereocenters. The molecule has 2 aromatic carbocycles. The average Bonchev–Trinajstić information content (AvgIpc) is 3.61. The number of nitriles is 1. The fourth-order valence-electron chi connectivity index (χ4n) is 5.36. The van der Waals surface area contributed by atoms with Crippen LogP contribution in [-0.2, 0) is 57.1 Å². The largest absolute Gasteiger partial charge is 0.383 e.